The molecule has 1 unspecified atom stereocenters. The first-order valence-corrected chi connectivity index (χ1v) is 11.3. The molecule has 1 N–H and O–H groups in total. The van der Waals surface area contributed by atoms with Crippen LogP contribution in [0.4, 0.5) is 4.39 Å². The summed E-state index contributed by atoms with van der Waals surface area (Å²) in [6, 6.07) is 11.4. The van der Waals surface area contributed by atoms with Crippen LogP contribution >= 0.6 is 0 Å². The van der Waals surface area contributed by atoms with Crippen LogP contribution in [0.15, 0.2) is 47.4 Å². The van der Waals surface area contributed by atoms with Gasteiger partial charge in [-0.15, -0.1) is 0 Å². The fourth-order valence-corrected chi connectivity index (χ4v) is 5.32. The molecule has 1 saturated heterocycles. The zero-order chi connectivity index (χ0) is 21.2. The van der Waals surface area contributed by atoms with Crippen LogP contribution in [0.2, 0.25) is 0 Å². The van der Waals surface area contributed by atoms with Crippen LogP contribution in [0.3, 0.4) is 0 Å². The van der Waals surface area contributed by atoms with E-state index in [1.54, 1.807) is 0 Å². The molecule has 1 fully saturated rings. The number of amides is 1. The Labute approximate surface area is 172 Å². The van der Waals surface area contributed by atoms with Crippen LogP contribution in [0.1, 0.15) is 42.5 Å². The van der Waals surface area contributed by atoms with Crippen LogP contribution in [0, 0.1) is 25.6 Å². The summed E-state index contributed by atoms with van der Waals surface area (Å²) in [5, 5.41) is 3.06. The highest BCUT2D eigenvalue weighted by Gasteiger charge is 2.33. The summed E-state index contributed by atoms with van der Waals surface area (Å²) in [7, 11) is -3.89. The molecule has 2 aromatic rings. The summed E-state index contributed by atoms with van der Waals surface area (Å²) in [6.07, 6.45) is 0.831. The van der Waals surface area contributed by atoms with Crippen molar-refractivity contribution >= 4 is 15.9 Å². The maximum Gasteiger partial charge on any atom is 0.245 e. The van der Waals surface area contributed by atoms with Crippen molar-refractivity contribution in [2.45, 2.75) is 44.6 Å². The third-order valence-corrected chi connectivity index (χ3v) is 7.47. The van der Waals surface area contributed by atoms with Crippen molar-refractivity contribution in [3.63, 3.8) is 0 Å². The fourth-order valence-electron chi connectivity index (χ4n) is 3.79. The highest BCUT2D eigenvalue weighted by Crippen LogP contribution is 2.26. The quantitative estimate of drug-likeness (QED) is 0.805. The summed E-state index contributed by atoms with van der Waals surface area (Å²) in [4.78, 5) is 12.4. The van der Waals surface area contributed by atoms with E-state index < -0.39 is 15.8 Å². The van der Waals surface area contributed by atoms with Gasteiger partial charge in [0.2, 0.25) is 15.9 Å². The Morgan fingerprint density at radius 3 is 2.45 bits per heavy atom. The minimum atomic E-state index is -3.89. The van der Waals surface area contributed by atoms with Gasteiger partial charge in [-0.1, -0.05) is 35.9 Å². The Bertz CT molecular complexity index is 999. The maximum atomic E-state index is 13.9. The van der Waals surface area contributed by atoms with Crippen molar-refractivity contribution in [1.82, 2.24) is 9.62 Å². The molecular formula is C22H27FN2O3S. The van der Waals surface area contributed by atoms with Crippen molar-refractivity contribution in [3.8, 4) is 0 Å². The van der Waals surface area contributed by atoms with Crippen LogP contribution in [0.25, 0.3) is 0 Å². The van der Waals surface area contributed by atoms with E-state index in [4.69, 9.17) is 0 Å². The van der Waals surface area contributed by atoms with Gasteiger partial charge in [-0.25, -0.2) is 12.8 Å². The number of hydrogen-bond donors (Lipinski definition) is 1. The molecule has 0 bridgehead atoms. The molecule has 5 nitrogen and oxygen atoms in total. The van der Waals surface area contributed by atoms with Crippen molar-refractivity contribution in [2.24, 2.45) is 5.92 Å². The van der Waals surface area contributed by atoms with E-state index in [0.29, 0.717) is 12.8 Å². The summed E-state index contributed by atoms with van der Waals surface area (Å²) in [5.74, 6) is -1.08. The van der Waals surface area contributed by atoms with Crippen molar-refractivity contribution in [1.29, 1.82) is 0 Å². The molecule has 1 aliphatic heterocycles. The minimum Gasteiger partial charge on any atom is -0.349 e. The van der Waals surface area contributed by atoms with E-state index >= 15 is 0 Å². The van der Waals surface area contributed by atoms with Gasteiger partial charge in [-0.3, -0.25) is 4.79 Å². The lowest BCUT2D eigenvalue weighted by Crippen LogP contribution is -2.43. The normalized spacial score (nSPS) is 17.1. The van der Waals surface area contributed by atoms with Crippen molar-refractivity contribution in [2.75, 3.05) is 13.1 Å². The Kier molecular flexibility index (Phi) is 6.39. The molecule has 29 heavy (non-hydrogen) atoms. The second-order valence-corrected chi connectivity index (χ2v) is 9.61. The number of nitrogens with zero attached hydrogens (tertiary/aromatic N) is 1. The smallest absolute Gasteiger partial charge is 0.245 e. The van der Waals surface area contributed by atoms with Gasteiger partial charge in [-0.05, 0) is 56.9 Å². The molecule has 1 heterocycles. The van der Waals surface area contributed by atoms with Crippen LogP contribution in [-0.2, 0) is 14.8 Å². The summed E-state index contributed by atoms with van der Waals surface area (Å²) < 4.78 is 40.6. The first-order valence-electron chi connectivity index (χ1n) is 9.82. The molecule has 3 rings (SSSR count). The zero-order valence-corrected chi connectivity index (χ0v) is 17.8. The van der Waals surface area contributed by atoms with Crippen LogP contribution in [-0.4, -0.2) is 31.7 Å². The maximum absolute atomic E-state index is 13.9. The monoisotopic (exact) mass is 418 g/mol. The summed E-state index contributed by atoms with van der Waals surface area (Å²) in [5.41, 5.74) is 3.34. The van der Waals surface area contributed by atoms with Gasteiger partial charge in [0.15, 0.2) is 0 Å². The third kappa shape index (κ3) is 4.67. The van der Waals surface area contributed by atoms with Crippen LogP contribution in [0.5, 0.6) is 0 Å². The van der Waals surface area contributed by atoms with Crippen LogP contribution < -0.4 is 5.32 Å². The Balaban J connectivity index is 1.62. The average Bonchev–Trinajstić information content (AvgIpc) is 2.70. The van der Waals surface area contributed by atoms with Gasteiger partial charge >= 0.3 is 0 Å². The van der Waals surface area contributed by atoms with E-state index in [-0.39, 0.29) is 35.9 Å². The van der Waals surface area contributed by atoms with Gasteiger partial charge in [0.1, 0.15) is 10.7 Å². The molecule has 7 heteroatoms. The lowest BCUT2D eigenvalue weighted by Gasteiger charge is -2.31. The zero-order valence-electron chi connectivity index (χ0n) is 17.0. The average molecular weight is 419 g/mol. The van der Waals surface area contributed by atoms with Crippen molar-refractivity contribution < 1.29 is 17.6 Å². The first kappa shape index (κ1) is 21.5. The fraction of sp³-hybridized carbons (Fsp3) is 0.409. The Hall–Kier alpha value is -2.25. The highest BCUT2D eigenvalue weighted by atomic mass is 32.2. The number of piperidine rings is 1. The standard InChI is InChI=1S/C22H27FN2O3S/c1-15-8-9-16(2)19(14-15)17(3)24-22(26)18-10-12-25(13-11-18)29(27,28)21-7-5-4-6-20(21)23/h4-9,14,17-18H,10-13H2,1-3H3,(H,24,26). The number of carbonyl (C=O) groups excluding carboxylic acids is 1. The Morgan fingerprint density at radius 2 is 1.79 bits per heavy atom. The highest BCUT2D eigenvalue weighted by molar-refractivity contribution is 7.89. The molecule has 1 amide bonds. The largest absolute Gasteiger partial charge is 0.349 e. The molecule has 0 radical (unpaired) electrons. The molecule has 2 aromatic carbocycles. The molecule has 1 atom stereocenters. The third-order valence-electron chi connectivity index (χ3n) is 5.54. The second kappa shape index (κ2) is 8.63. The van der Waals surface area contributed by atoms with Crippen molar-refractivity contribution in [3.05, 3.63) is 65.0 Å². The summed E-state index contributed by atoms with van der Waals surface area (Å²) in [6.45, 7) is 6.39. The van der Waals surface area contributed by atoms with Gasteiger partial charge < -0.3 is 5.32 Å². The topological polar surface area (TPSA) is 66.5 Å². The van der Waals surface area contributed by atoms with Gasteiger partial charge in [0, 0.05) is 19.0 Å². The Morgan fingerprint density at radius 1 is 1.14 bits per heavy atom. The number of halogens is 1. The number of carbonyl (C=O) groups is 1. The number of hydrogen-bond acceptors (Lipinski definition) is 3. The molecule has 156 valence electrons. The molecule has 0 aromatic heterocycles. The molecular weight excluding hydrogens is 391 g/mol. The first-order chi connectivity index (χ1) is 13.7. The van der Waals surface area contributed by atoms with E-state index in [1.165, 1.54) is 22.5 Å². The van der Waals surface area contributed by atoms with Gasteiger partial charge in [0.05, 0.1) is 6.04 Å². The van der Waals surface area contributed by atoms with E-state index in [2.05, 4.69) is 11.4 Å². The van der Waals surface area contributed by atoms with E-state index in [0.717, 1.165) is 22.8 Å². The number of aryl methyl sites for hydroxylation is 2. The van der Waals surface area contributed by atoms with E-state index in [9.17, 15) is 17.6 Å². The number of rotatable bonds is 5. The molecule has 0 aliphatic carbocycles. The predicted molar refractivity (Wildman–Crippen MR) is 110 cm³/mol. The molecule has 1 aliphatic rings. The van der Waals surface area contributed by atoms with Gasteiger partial charge in [-0.2, -0.15) is 4.31 Å². The van der Waals surface area contributed by atoms with E-state index in [1.807, 2.05) is 32.9 Å². The lowest BCUT2D eigenvalue weighted by atomic mass is 9.95. The minimum absolute atomic E-state index is 0.0682. The SMILES string of the molecule is Cc1ccc(C)c(C(C)NC(=O)C2CCN(S(=O)(=O)c3ccccc3F)CC2)c1. The lowest BCUT2D eigenvalue weighted by molar-refractivity contribution is -0.126. The number of benzene rings is 2. The predicted octanol–water partition coefficient (Wildman–Crippen LogP) is 3.72. The van der Waals surface area contributed by atoms with Gasteiger partial charge in [0.25, 0.3) is 0 Å². The number of sulfonamides is 1. The molecule has 0 spiro atoms. The summed E-state index contributed by atoms with van der Waals surface area (Å²) >= 11 is 0. The number of nitrogens with one attached hydrogen (secondary N) is 1. The molecule has 0 saturated carbocycles. The second-order valence-electron chi connectivity index (χ2n) is 7.70.